The normalized spacial score (nSPS) is 21.4. The van der Waals surface area contributed by atoms with Crippen LogP contribution >= 0.6 is 0 Å². The number of aryl methyl sites for hydroxylation is 1. The number of imidazole rings is 1. The first-order valence-electron chi connectivity index (χ1n) is 5.88. The molecule has 3 rings (SSSR count). The summed E-state index contributed by atoms with van der Waals surface area (Å²) >= 11 is 0. The van der Waals surface area contributed by atoms with Crippen molar-refractivity contribution in [2.24, 2.45) is 0 Å². The number of fused-ring (bicyclic) bond motifs is 1. The minimum absolute atomic E-state index is 0.374. The molecule has 0 saturated carbocycles. The summed E-state index contributed by atoms with van der Waals surface area (Å²) in [5.74, 6) is 0. The molecule has 2 aromatic heterocycles. The van der Waals surface area contributed by atoms with Gasteiger partial charge in [0.2, 0.25) is 0 Å². The number of aromatic nitrogens is 3. The third kappa shape index (κ3) is 1.59. The van der Waals surface area contributed by atoms with Gasteiger partial charge in [-0.3, -0.25) is 4.98 Å². The van der Waals surface area contributed by atoms with Crippen LogP contribution in [0.15, 0.2) is 18.6 Å². The highest BCUT2D eigenvalue weighted by atomic mass is 15.0. The van der Waals surface area contributed by atoms with Crippen molar-refractivity contribution >= 4 is 5.65 Å². The zero-order valence-corrected chi connectivity index (χ0v) is 9.48. The molecule has 4 nitrogen and oxygen atoms in total. The molecule has 0 spiro atoms. The van der Waals surface area contributed by atoms with E-state index < -0.39 is 0 Å². The molecule has 0 aromatic carbocycles. The summed E-state index contributed by atoms with van der Waals surface area (Å²) in [5, 5.41) is 3.52. The zero-order chi connectivity index (χ0) is 11.0. The minimum atomic E-state index is 0.374. The van der Waals surface area contributed by atoms with Crippen molar-refractivity contribution in [2.45, 2.75) is 32.2 Å². The van der Waals surface area contributed by atoms with Gasteiger partial charge in [-0.05, 0) is 26.3 Å². The smallest absolute Gasteiger partial charge is 0.160 e. The number of nitrogens with one attached hydrogen (secondary N) is 1. The summed E-state index contributed by atoms with van der Waals surface area (Å²) in [4.78, 5) is 9.05. The Kier molecular flexibility index (Phi) is 2.36. The van der Waals surface area contributed by atoms with Gasteiger partial charge < -0.3 is 9.72 Å². The van der Waals surface area contributed by atoms with Crippen LogP contribution in [0.3, 0.4) is 0 Å². The number of nitrogens with zero attached hydrogens (tertiary/aromatic N) is 3. The highest BCUT2D eigenvalue weighted by Crippen LogP contribution is 2.24. The summed E-state index contributed by atoms with van der Waals surface area (Å²) in [6, 6.07) is 0.374. The Morgan fingerprint density at radius 3 is 3.19 bits per heavy atom. The van der Waals surface area contributed by atoms with Crippen LogP contribution in [0.4, 0.5) is 0 Å². The van der Waals surface area contributed by atoms with E-state index in [1.165, 1.54) is 19.3 Å². The van der Waals surface area contributed by atoms with E-state index in [4.69, 9.17) is 0 Å². The molecule has 2 aromatic rings. The third-order valence-electron chi connectivity index (χ3n) is 3.16. The average Bonchev–Trinajstić information content (AvgIpc) is 2.70. The second-order valence-electron chi connectivity index (χ2n) is 4.43. The van der Waals surface area contributed by atoms with E-state index in [0.29, 0.717) is 6.04 Å². The number of rotatable bonds is 1. The fraction of sp³-hybridized carbons (Fsp3) is 0.500. The van der Waals surface area contributed by atoms with Gasteiger partial charge in [0.1, 0.15) is 5.69 Å². The zero-order valence-electron chi connectivity index (χ0n) is 9.48. The van der Waals surface area contributed by atoms with E-state index in [9.17, 15) is 0 Å². The Balaban J connectivity index is 2.07. The summed E-state index contributed by atoms with van der Waals surface area (Å²) in [6.45, 7) is 3.11. The molecule has 1 atom stereocenters. The van der Waals surface area contributed by atoms with Crippen LogP contribution in [0.5, 0.6) is 0 Å². The van der Waals surface area contributed by atoms with Crippen molar-refractivity contribution in [3.8, 4) is 0 Å². The first-order chi connectivity index (χ1) is 7.84. The van der Waals surface area contributed by atoms with Gasteiger partial charge in [-0.1, -0.05) is 6.42 Å². The molecule has 84 valence electrons. The number of piperidine rings is 1. The molecule has 0 bridgehead atoms. The molecule has 0 amide bonds. The van der Waals surface area contributed by atoms with Gasteiger partial charge in [0.15, 0.2) is 5.65 Å². The molecule has 16 heavy (non-hydrogen) atoms. The molecule has 1 unspecified atom stereocenters. The molecule has 0 aliphatic carbocycles. The fourth-order valence-corrected chi connectivity index (χ4v) is 2.39. The van der Waals surface area contributed by atoms with Gasteiger partial charge in [-0.2, -0.15) is 0 Å². The van der Waals surface area contributed by atoms with Crippen molar-refractivity contribution in [2.75, 3.05) is 6.54 Å². The van der Waals surface area contributed by atoms with E-state index in [-0.39, 0.29) is 0 Å². The standard InChI is InChI=1S/C12H16N4/c1-9-8-16-7-6-14-11(12(16)15-9)10-4-2-3-5-13-10/h6-8,10,13H,2-5H2,1H3. The molecule has 1 saturated heterocycles. The summed E-state index contributed by atoms with van der Waals surface area (Å²) in [5.41, 5.74) is 3.14. The Morgan fingerprint density at radius 1 is 1.44 bits per heavy atom. The summed E-state index contributed by atoms with van der Waals surface area (Å²) in [7, 11) is 0. The van der Waals surface area contributed by atoms with E-state index in [1.54, 1.807) is 0 Å². The van der Waals surface area contributed by atoms with Crippen LogP contribution < -0.4 is 5.32 Å². The molecular weight excluding hydrogens is 200 g/mol. The summed E-state index contributed by atoms with van der Waals surface area (Å²) < 4.78 is 2.06. The van der Waals surface area contributed by atoms with Crippen LogP contribution in [0.25, 0.3) is 5.65 Å². The van der Waals surface area contributed by atoms with Crippen LogP contribution in [-0.2, 0) is 0 Å². The largest absolute Gasteiger partial charge is 0.309 e. The average molecular weight is 216 g/mol. The van der Waals surface area contributed by atoms with Gasteiger partial charge in [0.25, 0.3) is 0 Å². The molecule has 4 heteroatoms. The van der Waals surface area contributed by atoms with E-state index in [1.807, 2.05) is 25.5 Å². The Morgan fingerprint density at radius 2 is 2.38 bits per heavy atom. The topological polar surface area (TPSA) is 42.2 Å². The first-order valence-corrected chi connectivity index (χ1v) is 5.88. The first kappa shape index (κ1) is 9.78. The van der Waals surface area contributed by atoms with Gasteiger partial charge in [-0.15, -0.1) is 0 Å². The lowest BCUT2D eigenvalue weighted by molar-refractivity contribution is 0.406. The van der Waals surface area contributed by atoms with Crippen molar-refractivity contribution in [1.82, 2.24) is 19.7 Å². The van der Waals surface area contributed by atoms with E-state index in [0.717, 1.165) is 23.6 Å². The van der Waals surface area contributed by atoms with Crippen LogP contribution in [0.1, 0.15) is 36.7 Å². The second kappa shape index (κ2) is 3.87. The van der Waals surface area contributed by atoms with Crippen molar-refractivity contribution < 1.29 is 0 Å². The summed E-state index contributed by atoms with van der Waals surface area (Å²) in [6.07, 6.45) is 9.58. The quantitative estimate of drug-likeness (QED) is 0.791. The molecule has 1 fully saturated rings. The molecule has 0 radical (unpaired) electrons. The third-order valence-corrected chi connectivity index (χ3v) is 3.16. The molecule has 1 aliphatic rings. The fourth-order valence-electron chi connectivity index (χ4n) is 2.39. The number of hydrogen-bond donors (Lipinski definition) is 1. The van der Waals surface area contributed by atoms with Gasteiger partial charge in [0.05, 0.1) is 11.7 Å². The monoisotopic (exact) mass is 216 g/mol. The molecular formula is C12H16N4. The maximum atomic E-state index is 4.55. The van der Waals surface area contributed by atoms with Crippen molar-refractivity contribution in [3.05, 3.63) is 30.0 Å². The molecule has 3 heterocycles. The van der Waals surface area contributed by atoms with Crippen LogP contribution in [0, 0.1) is 6.92 Å². The predicted octanol–water partition coefficient (Wildman–Crippen LogP) is 1.85. The lowest BCUT2D eigenvalue weighted by Crippen LogP contribution is -2.28. The van der Waals surface area contributed by atoms with Crippen LogP contribution in [-0.4, -0.2) is 20.9 Å². The molecule has 1 N–H and O–H groups in total. The van der Waals surface area contributed by atoms with E-state index in [2.05, 4.69) is 19.7 Å². The Labute approximate surface area is 94.7 Å². The lowest BCUT2D eigenvalue weighted by atomic mass is 10.0. The van der Waals surface area contributed by atoms with Gasteiger partial charge in [0, 0.05) is 18.6 Å². The highest BCUT2D eigenvalue weighted by molar-refractivity contribution is 5.46. The predicted molar refractivity (Wildman–Crippen MR) is 62.3 cm³/mol. The Hall–Kier alpha value is -1.42. The van der Waals surface area contributed by atoms with Crippen molar-refractivity contribution in [1.29, 1.82) is 0 Å². The Bertz CT molecular complexity index is 497. The maximum absolute atomic E-state index is 4.55. The highest BCUT2D eigenvalue weighted by Gasteiger charge is 2.19. The van der Waals surface area contributed by atoms with Gasteiger partial charge in [-0.25, -0.2) is 4.98 Å². The van der Waals surface area contributed by atoms with Crippen LogP contribution in [0.2, 0.25) is 0 Å². The second-order valence-corrected chi connectivity index (χ2v) is 4.43. The maximum Gasteiger partial charge on any atom is 0.160 e. The number of hydrogen-bond acceptors (Lipinski definition) is 3. The SMILES string of the molecule is Cc1cn2ccnc(C3CCCCN3)c2n1. The minimum Gasteiger partial charge on any atom is -0.309 e. The molecule has 1 aliphatic heterocycles. The van der Waals surface area contributed by atoms with E-state index >= 15 is 0 Å². The van der Waals surface area contributed by atoms with Gasteiger partial charge >= 0.3 is 0 Å². The van der Waals surface area contributed by atoms with Crippen molar-refractivity contribution in [3.63, 3.8) is 0 Å². The lowest BCUT2D eigenvalue weighted by Gasteiger charge is -2.22.